The summed E-state index contributed by atoms with van der Waals surface area (Å²) in [7, 11) is 0. The summed E-state index contributed by atoms with van der Waals surface area (Å²) in [4.78, 5) is 12.9. The maximum atomic E-state index is 14.5. The molecule has 0 aliphatic carbocycles. The lowest BCUT2D eigenvalue weighted by atomic mass is 9.70. The van der Waals surface area contributed by atoms with Crippen molar-refractivity contribution < 1.29 is 62.9 Å². The fourth-order valence-electron chi connectivity index (χ4n) is 4.91. The second-order valence-corrected chi connectivity index (χ2v) is 10.2. The van der Waals surface area contributed by atoms with Crippen LogP contribution in [0.2, 0.25) is 0 Å². The number of amides is 1. The largest absolute Gasteiger partial charge is 0.573 e. The number of ether oxygens (including phenoxy) is 3. The number of halogens is 10. The minimum absolute atomic E-state index is 0.0286. The third-order valence-corrected chi connectivity index (χ3v) is 7.05. The Hall–Kier alpha value is -4.95. The van der Waals surface area contributed by atoms with Gasteiger partial charge in [0.05, 0.1) is 5.56 Å². The molecule has 4 rings (SSSR count). The molecular formula is C32H23F10NO4. The Kier molecular flexibility index (Phi) is 10.3. The molecule has 0 atom stereocenters. The molecule has 0 aliphatic rings. The highest BCUT2D eigenvalue weighted by molar-refractivity contribution is 5.68. The second kappa shape index (κ2) is 13.8. The number of rotatable bonds is 10. The van der Waals surface area contributed by atoms with Crippen molar-refractivity contribution in [2.24, 2.45) is 0 Å². The molecule has 0 aromatic heterocycles. The van der Waals surface area contributed by atoms with Crippen LogP contribution in [0.15, 0.2) is 78.9 Å². The van der Waals surface area contributed by atoms with Crippen LogP contribution in [-0.2, 0) is 23.2 Å². The zero-order valence-electron chi connectivity index (χ0n) is 24.0. The number of hydrogen-bond acceptors (Lipinski definition) is 4. The molecular weight excluding hydrogens is 652 g/mol. The van der Waals surface area contributed by atoms with Crippen LogP contribution in [0.1, 0.15) is 27.8 Å². The van der Waals surface area contributed by atoms with Gasteiger partial charge in [-0.2, -0.15) is 0 Å². The van der Waals surface area contributed by atoms with E-state index in [1.807, 2.05) is 0 Å². The van der Waals surface area contributed by atoms with E-state index in [0.29, 0.717) is 5.56 Å². The molecule has 0 spiro atoms. The van der Waals surface area contributed by atoms with E-state index in [0.717, 1.165) is 31.2 Å². The summed E-state index contributed by atoms with van der Waals surface area (Å²) < 4.78 is 148. The molecule has 0 radical (unpaired) electrons. The quantitative estimate of drug-likeness (QED) is 0.104. The Bertz CT molecular complexity index is 1640. The standard InChI is InChI=1S/C32H23F10NO4/c1-18-25(33)24(27(35)28(36)26(18)34)16-45-29(44)43-17-30(15-19-7-3-2-4-8-19,20-9-5-11-22(13-20)46-31(37,38)39)21-10-6-12-23(14-21)47-32(40,41)42/h2-14H,15-17H2,1H3,(H,43,44). The van der Waals surface area contributed by atoms with Crippen LogP contribution in [-0.4, -0.2) is 25.4 Å². The molecule has 0 saturated carbocycles. The van der Waals surface area contributed by atoms with Crippen LogP contribution >= 0.6 is 0 Å². The van der Waals surface area contributed by atoms with Crippen molar-refractivity contribution in [1.29, 1.82) is 0 Å². The highest BCUT2D eigenvalue weighted by Crippen LogP contribution is 2.40. The van der Waals surface area contributed by atoms with E-state index < -0.39 is 83.3 Å². The van der Waals surface area contributed by atoms with Crippen LogP contribution in [0.3, 0.4) is 0 Å². The predicted octanol–water partition coefficient (Wildman–Crippen LogP) is 8.80. The zero-order valence-corrected chi connectivity index (χ0v) is 24.0. The molecule has 250 valence electrons. The van der Waals surface area contributed by atoms with Crippen LogP contribution in [0, 0.1) is 30.2 Å². The Morgan fingerprint density at radius 1 is 0.681 bits per heavy atom. The molecule has 47 heavy (non-hydrogen) atoms. The molecule has 4 aromatic carbocycles. The fourth-order valence-corrected chi connectivity index (χ4v) is 4.91. The molecule has 0 aliphatic heterocycles. The third kappa shape index (κ3) is 8.65. The molecule has 1 amide bonds. The van der Waals surface area contributed by atoms with Gasteiger partial charge in [-0.15, -0.1) is 26.3 Å². The van der Waals surface area contributed by atoms with E-state index in [4.69, 9.17) is 4.74 Å². The van der Waals surface area contributed by atoms with Gasteiger partial charge in [0.15, 0.2) is 17.5 Å². The van der Waals surface area contributed by atoms with Gasteiger partial charge in [0.1, 0.15) is 23.9 Å². The van der Waals surface area contributed by atoms with Crippen LogP contribution in [0.4, 0.5) is 48.7 Å². The lowest BCUT2D eigenvalue weighted by Gasteiger charge is -2.36. The number of carbonyl (C=O) groups excluding carboxylic acids is 1. The van der Waals surface area contributed by atoms with E-state index >= 15 is 0 Å². The first-order valence-corrected chi connectivity index (χ1v) is 13.5. The minimum atomic E-state index is -5.11. The minimum Gasteiger partial charge on any atom is -0.444 e. The number of carbonyl (C=O) groups is 1. The van der Waals surface area contributed by atoms with Crippen molar-refractivity contribution in [1.82, 2.24) is 5.32 Å². The summed E-state index contributed by atoms with van der Waals surface area (Å²) >= 11 is 0. The number of alkyl halides is 6. The average Bonchev–Trinajstić information content (AvgIpc) is 3.00. The normalized spacial score (nSPS) is 12.1. The summed E-state index contributed by atoms with van der Waals surface area (Å²) in [5.74, 6) is -8.57. The highest BCUT2D eigenvalue weighted by Gasteiger charge is 2.39. The lowest BCUT2D eigenvalue weighted by molar-refractivity contribution is -0.275. The van der Waals surface area contributed by atoms with Gasteiger partial charge in [-0.1, -0.05) is 54.6 Å². The van der Waals surface area contributed by atoms with E-state index in [1.54, 1.807) is 30.3 Å². The van der Waals surface area contributed by atoms with E-state index in [-0.39, 0.29) is 17.5 Å². The number of hydrogen-bond donors (Lipinski definition) is 1. The van der Waals surface area contributed by atoms with Crippen LogP contribution in [0.25, 0.3) is 0 Å². The van der Waals surface area contributed by atoms with Gasteiger partial charge in [0, 0.05) is 17.5 Å². The van der Waals surface area contributed by atoms with E-state index in [9.17, 15) is 48.7 Å². The van der Waals surface area contributed by atoms with Gasteiger partial charge in [-0.3, -0.25) is 0 Å². The van der Waals surface area contributed by atoms with Gasteiger partial charge in [-0.05, 0) is 54.3 Å². The third-order valence-electron chi connectivity index (χ3n) is 7.05. The average molecular weight is 676 g/mol. The number of nitrogens with one attached hydrogen (secondary N) is 1. The first-order valence-electron chi connectivity index (χ1n) is 13.5. The van der Waals surface area contributed by atoms with Crippen LogP contribution in [0.5, 0.6) is 11.5 Å². The van der Waals surface area contributed by atoms with E-state index in [2.05, 4.69) is 14.8 Å². The summed E-state index contributed by atoms with van der Waals surface area (Å²) in [5.41, 5.74) is -3.06. The topological polar surface area (TPSA) is 56.8 Å². The van der Waals surface area contributed by atoms with Crippen molar-refractivity contribution in [3.63, 3.8) is 0 Å². The van der Waals surface area contributed by atoms with Crippen molar-refractivity contribution in [2.45, 2.75) is 38.1 Å². The number of alkyl carbamates (subject to hydrolysis) is 1. The van der Waals surface area contributed by atoms with E-state index in [1.165, 1.54) is 24.3 Å². The molecule has 0 unspecified atom stereocenters. The first-order chi connectivity index (χ1) is 22.0. The molecule has 0 heterocycles. The summed E-state index contributed by atoms with van der Waals surface area (Å²) in [5, 5.41) is 2.33. The van der Waals surface area contributed by atoms with Crippen LogP contribution < -0.4 is 14.8 Å². The Morgan fingerprint density at radius 3 is 1.72 bits per heavy atom. The summed E-state index contributed by atoms with van der Waals surface area (Å²) in [6.07, 6.45) is -11.7. The van der Waals surface area contributed by atoms with Gasteiger partial charge in [0.25, 0.3) is 0 Å². The van der Waals surface area contributed by atoms with Gasteiger partial charge >= 0.3 is 18.8 Å². The molecule has 1 N–H and O–H groups in total. The van der Waals surface area contributed by atoms with Crippen molar-refractivity contribution in [3.8, 4) is 11.5 Å². The molecule has 5 nitrogen and oxygen atoms in total. The number of benzene rings is 4. The predicted molar refractivity (Wildman–Crippen MR) is 146 cm³/mol. The highest BCUT2D eigenvalue weighted by atomic mass is 19.4. The summed E-state index contributed by atoms with van der Waals surface area (Å²) in [6.45, 7) is -0.952. The first kappa shape index (κ1) is 34.9. The maximum Gasteiger partial charge on any atom is 0.573 e. The molecule has 15 heteroatoms. The Morgan fingerprint density at radius 2 is 1.21 bits per heavy atom. The van der Waals surface area contributed by atoms with Crippen molar-refractivity contribution in [2.75, 3.05) is 6.54 Å². The monoisotopic (exact) mass is 675 g/mol. The Balaban J connectivity index is 1.78. The zero-order chi connectivity index (χ0) is 34.6. The fraction of sp³-hybridized carbons (Fsp3) is 0.219. The van der Waals surface area contributed by atoms with Crippen molar-refractivity contribution in [3.05, 3.63) is 130 Å². The smallest absolute Gasteiger partial charge is 0.444 e. The second-order valence-electron chi connectivity index (χ2n) is 10.2. The van der Waals surface area contributed by atoms with Gasteiger partial charge in [0.2, 0.25) is 0 Å². The molecule has 0 saturated heterocycles. The van der Waals surface area contributed by atoms with Crippen molar-refractivity contribution >= 4 is 6.09 Å². The molecule has 4 aromatic rings. The van der Waals surface area contributed by atoms with Gasteiger partial charge < -0.3 is 19.5 Å². The lowest BCUT2D eigenvalue weighted by Crippen LogP contribution is -2.43. The summed E-state index contributed by atoms with van der Waals surface area (Å²) in [6, 6.07) is 17.2. The Labute approximate surface area is 260 Å². The molecule has 0 fully saturated rings. The molecule has 0 bridgehead atoms. The van der Waals surface area contributed by atoms with Gasteiger partial charge in [-0.25, -0.2) is 22.4 Å². The maximum absolute atomic E-state index is 14.5. The SMILES string of the molecule is Cc1c(F)c(F)c(F)c(COC(=O)NCC(Cc2ccccc2)(c2cccc(OC(F)(F)F)c2)c2cccc(OC(F)(F)F)c2)c1F.